The minimum absolute atomic E-state index is 0.0233. The van der Waals surface area contributed by atoms with Gasteiger partial charge in [0.15, 0.2) is 0 Å². The number of nitrogens with one attached hydrogen (secondary N) is 2. The van der Waals surface area contributed by atoms with Gasteiger partial charge in [0.1, 0.15) is 0 Å². The molecule has 0 bridgehead atoms. The lowest BCUT2D eigenvalue weighted by Crippen LogP contribution is -2.37. The summed E-state index contributed by atoms with van der Waals surface area (Å²) in [7, 11) is 1.31. The Balaban J connectivity index is 1.29. The summed E-state index contributed by atoms with van der Waals surface area (Å²) in [4.78, 5) is 27.2. The molecule has 3 aromatic rings. The van der Waals surface area contributed by atoms with Gasteiger partial charge in [-0.05, 0) is 74.4 Å². The molecule has 2 heterocycles. The zero-order chi connectivity index (χ0) is 22.9. The zero-order valence-corrected chi connectivity index (χ0v) is 19.0. The fraction of sp³-hybridized carbons (Fsp3) is 0.400. The molecule has 2 unspecified atom stereocenters. The number of urea groups is 1. The molecule has 2 aliphatic rings. The van der Waals surface area contributed by atoms with Crippen LogP contribution in [0.4, 0.5) is 21.0 Å². The van der Waals surface area contributed by atoms with Crippen LogP contribution in [0.15, 0.2) is 42.6 Å². The number of aromatic nitrogens is 2. The van der Waals surface area contributed by atoms with Crippen LogP contribution in [0.1, 0.15) is 49.8 Å². The Morgan fingerprint density at radius 1 is 1.15 bits per heavy atom. The van der Waals surface area contributed by atoms with E-state index in [2.05, 4.69) is 45.8 Å². The van der Waals surface area contributed by atoms with Gasteiger partial charge in [0.2, 0.25) is 0 Å². The number of piperidine rings is 1. The summed E-state index contributed by atoms with van der Waals surface area (Å²) in [5.74, 6) is 0. The Morgan fingerprint density at radius 2 is 2.03 bits per heavy atom. The van der Waals surface area contributed by atoms with Crippen LogP contribution in [0.2, 0.25) is 0 Å². The van der Waals surface area contributed by atoms with Crippen LogP contribution in [0.25, 0.3) is 10.9 Å². The van der Waals surface area contributed by atoms with Gasteiger partial charge in [0, 0.05) is 23.7 Å². The van der Waals surface area contributed by atoms with E-state index in [1.165, 1.54) is 47.9 Å². The molecule has 1 saturated heterocycles. The number of rotatable bonds is 3. The first kappa shape index (κ1) is 21.3. The topological polar surface area (TPSA) is 88.5 Å². The van der Waals surface area contributed by atoms with E-state index in [0.29, 0.717) is 22.6 Å². The molecule has 8 heteroatoms. The lowest BCUT2D eigenvalue weighted by Gasteiger charge is -2.35. The Bertz CT molecular complexity index is 1200. The van der Waals surface area contributed by atoms with Crippen molar-refractivity contribution < 1.29 is 14.3 Å². The minimum atomic E-state index is -0.576. The predicted octanol–water partition coefficient (Wildman–Crippen LogP) is 4.84. The Kier molecular flexibility index (Phi) is 5.66. The van der Waals surface area contributed by atoms with E-state index in [9.17, 15) is 9.59 Å². The van der Waals surface area contributed by atoms with Crippen molar-refractivity contribution in [1.82, 2.24) is 15.1 Å². The van der Waals surface area contributed by atoms with Crippen LogP contribution >= 0.6 is 0 Å². The molecular weight excluding hydrogens is 418 g/mol. The molecule has 2 amide bonds. The second-order valence-corrected chi connectivity index (χ2v) is 8.88. The predicted molar refractivity (Wildman–Crippen MR) is 128 cm³/mol. The lowest BCUT2D eigenvalue weighted by molar-refractivity contribution is 0.170. The molecule has 33 heavy (non-hydrogen) atoms. The van der Waals surface area contributed by atoms with E-state index in [0.717, 1.165) is 19.4 Å². The van der Waals surface area contributed by atoms with Crippen molar-refractivity contribution in [2.24, 2.45) is 0 Å². The summed E-state index contributed by atoms with van der Waals surface area (Å²) in [6.45, 7) is 3.42. The number of hydrogen-bond donors (Lipinski definition) is 2. The third-order valence-electron chi connectivity index (χ3n) is 6.85. The Hall–Kier alpha value is -3.55. The van der Waals surface area contributed by atoms with E-state index in [4.69, 9.17) is 4.74 Å². The van der Waals surface area contributed by atoms with Gasteiger partial charge in [0.05, 0.1) is 30.6 Å². The zero-order valence-electron chi connectivity index (χ0n) is 19.0. The number of methoxy groups -OCH3 is 1. The molecule has 1 aliphatic heterocycles. The number of fused-ring (bicyclic) bond motifs is 2. The van der Waals surface area contributed by atoms with Gasteiger partial charge < -0.3 is 20.3 Å². The van der Waals surface area contributed by atoms with Crippen LogP contribution in [0.5, 0.6) is 0 Å². The maximum Gasteiger partial charge on any atom is 0.434 e. The Morgan fingerprint density at radius 3 is 2.85 bits per heavy atom. The van der Waals surface area contributed by atoms with Crippen molar-refractivity contribution in [2.45, 2.75) is 51.1 Å². The summed E-state index contributed by atoms with van der Waals surface area (Å²) < 4.78 is 5.93. The number of aryl methyl sites for hydroxylation is 1. The van der Waals surface area contributed by atoms with Gasteiger partial charge in [-0.3, -0.25) is 0 Å². The van der Waals surface area contributed by atoms with Crippen molar-refractivity contribution >= 4 is 34.4 Å². The normalized spacial score (nSPS) is 19.9. The number of amides is 2. The number of anilines is 2. The fourth-order valence-corrected chi connectivity index (χ4v) is 5.12. The third kappa shape index (κ3) is 4.01. The largest absolute Gasteiger partial charge is 0.451 e. The first-order chi connectivity index (χ1) is 16.0. The van der Waals surface area contributed by atoms with Crippen LogP contribution in [-0.2, 0) is 11.2 Å². The maximum absolute atomic E-state index is 12.8. The molecule has 2 N–H and O–H groups in total. The SMILES string of the molecule is COC(=O)n1ncc2c(NC(=O)NC3CCc4cc(N5CCCCC5C)ccc43)cccc21. The van der Waals surface area contributed by atoms with Crippen molar-refractivity contribution in [3.63, 3.8) is 0 Å². The quantitative estimate of drug-likeness (QED) is 0.600. The molecule has 1 fully saturated rings. The summed E-state index contributed by atoms with van der Waals surface area (Å²) in [6.07, 6.45) is 6.61. The average Bonchev–Trinajstić information content (AvgIpc) is 3.43. The summed E-state index contributed by atoms with van der Waals surface area (Å²) in [5, 5.41) is 10.8. The van der Waals surface area contributed by atoms with Gasteiger partial charge in [0.25, 0.3) is 0 Å². The van der Waals surface area contributed by atoms with E-state index in [1.54, 1.807) is 24.4 Å². The van der Waals surface area contributed by atoms with Crippen molar-refractivity contribution in [3.8, 4) is 0 Å². The summed E-state index contributed by atoms with van der Waals surface area (Å²) in [5.41, 5.74) is 4.96. The third-order valence-corrected chi connectivity index (χ3v) is 6.85. The first-order valence-electron chi connectivity index (χ1n) is 11.6. The molecule has 172 valence electrons. The molecular formula is C25H29N5O3. The number of hydrogen-bond acceptors (Lipinski definition) is 5. The minimum Gasteiger partial charge on any atom is -0.451 e. The highest BCUT2D eigenvalue weighted by molar-refractivity contribution is 6.02. The van der Waals surface area contributed by atoms with Crippen LogP contribution in [0.3, 0.4) is 0 Å². The molecule has 1 aromatic heterocycles. The van der Waals surface area contributed by atoms with Crippen LogP contribution < -0.4 is 15.5 Å². The lowest BCUT2D eigenvalue weighted by atomic mass is 10.0. The number of ether oxygens (including phenoxy) is 1. The van der Waals surface area contributed by atoms with E-state index in [1.807, 2.05) is 0 Å². The summed E-state index contributed by atoms with van der Waals surface area (Å²) in [6, 6.07) is 12.3. The highest BCUT2D eigenvalue weighted by Gasteiger charge is 2.26. The van der Waals surface area contributed by atoms with Crippen LogP contribution in [-0.4, -0.2) is 41.6 Å². The second-order valence-electron chi connectivity index (χ2n) is 8.88. The van der Waals surface area contributed by atoms with Gasteiger partial charge in [-0.25, -0.2) is 9.59 Å². The summed E-state index contributed by atoms with van der Waals surface area (Å²) >= 11 is 0. The molecule has 8 nitrogen and oxygen atoms in total. The van der Waals surface area contributed by atoms with E-state index in [-0.39, 0.29) is 12.1 Å². The molecule has 0 radical (unpaired) electrons. The highest BCUT2D eigenvalue weighted by atomic mass is 16.5. The van der Waals surface area contributed by atoms with Gasteiger partial charge in [-0.1, -0.05) is 12.1 Å². The number of carbonyl (C=O) groups excluding carboxylic acids is 2. The van der Waals surface area contributed by atoms with E-state index >= 15 is 0 Å². The average molecular weight is 448 g/mol. The second kappa shape index (κ2) is 8.77. The first-order valence-corrected chi connectivity index (χ1v) is 11.6. The standard InChI is InChI=1S/C25H29N5O3/c1-16-6-3-4-13-29(16)18-10-11-19-17(14-18)9-12-22(19)28-24(31)27-21-7-5-8-23-20(21)15-26-30(23)25(32)33-2/h5,7-8,10-11,14-16,22H,3-4,6,9,12-13H2,1-2H3,(H2,27,28,31). The molecule has 1 aliphatic carbocycles. The smallest absolute Gasteiger partial charge is 0.434 e. The molecule has 2 aromatic carbocycles. The number of benzene rings is 2. The van der Waals surface area contributed by atoms with E-state index < -0.39 is 6.09 Å². The molecule has 5 rings (SSSR count). The van der Waals surface area contributed by atoms with Gasteiger partial charge >= 0.3 is 12.1 Å². The molecule has 2 atom stereocenters. The van der Waals surface area contributed by atoms with Gasteiger partial charge in [-0.15, -0.1) is 0 Å². The fourth-order valence-electron chi connectivity index (χ4n) is 5.12. The highest BCUT2D eigenvalue weighted by Crippen LogP contribution is 2.35. The van der Waals surface area contributed by atoms with Gasteiger partial charge in [-0.2, -0.15) is 9.78 Å². The monoisotopic (exact) mass is 447 g/mol. The van der Waals surface area contributed by atoms with Crippen molar-refractivity contribution in [2.75, 3.05) is 23.9 Å². The van der Waals surface area contributed by atoms with Crippen LogP contribution in [0, 0.1) is 0 Å². The number of carbonyl (C=O) groups is 2. The molecule has 0 spiro atoms. The molecule has 0 saturated carbocycles. The van der Waals surface area contributed by atoms with Crippen molar-refractivity contribution in [1.29, 1.82) is 0 Å². The maximum atomic E-state index is 12.8. The van der Waals surface area contributed by atoms with Crippen molar-refractivity contribution in [3.05, 3.63) is 53.7 Å². The Labute approximate surface area is 192 Å². The number of nitrogens with zero attached hydrogens (tertiary/aromatic N) is 3.